The van der Waals surface area contributed by atoms with Crippen molar-refractivity contribution < 1.29 is 9.53 Å². The average Bonchev–Trinajstić information content (AvgIpc) is 2.29. The number of thioether (sulfide) groups is 1. The smallest absolute Gasteiger partial charge is 0.234 e. The fraction of sp³-hybridized carbons (Fsp3) is 0.273. The molecule has 0 aliphatic heterocycles. The van der Waals surface area contributed by atoms with Gasteiger partial charge in [-0.1, -0.05) is 11.8 Å². The van der Waals surface area contributed by atoms with Gasteiger partial charge in [-0.2, -0.15) is 0 Å². The SMILES string of the molecule is CCOc1ccc(NC(=O)CSC(=N)N)cc1. The maximum Gasteiger partial charge on any atom is 0.234 e. The van der Waals surface area contributed by atoms with E-state index in [-0.39, 0.29) is 16.8 Å². The minimum atomic E-state index is -0.186. The van der Waals surface area contributed by atoms with Crippen molar-refractivity contribution in [3.05, 3.63) is 24.3 Å². The molecule has 0 heterocycles. The van der Waals surface area contributed by atoms with Gasteiger partial charge in [0, 0.05) is 5.69 Å². The van der Waals surface area contributed by atoms with Gasteiger partial charge in [-0.15, -0.1) is 0 Å². The molecule has 0 radical (unpaired) electrons. The van der Waals surface area contributed by atoms with Crippen molar-refractivity contribution >= 4 is 28.5 Å². The van der Waals surface area contributed by atoms with Crippen molar-refractivity contribution in [3.8, 4) is 5.75 Å². The standard InChI is InChI=1S/C11H15N3O2S/c1-2-16-9-5-3-8(4-6-9)14-10(15)7-17-11(12)13/h3-6H,2,7H2,1H3,(H3,12,13)(H,14,15). The quantitative estimate of drug-likeness (QED) is 0.550. The number of hydrogen-bond donors (Lipinski definition) is 3. The zero-order valence-corrected chi connectivity index (χ0v) is 10.3. The summed E-state index contributed by atoms with van der Waals surface area (Å²) in [6.45, 7) is 2.52. The number of ether oxygens (including phenoxy) is 1. The number of amidine groups is 1. The molecular weight excluding hydrogens is 238 g/mol. The van der Waals surface area contributed by atoms with Crippen LogP contribution in [0.15, 0.2) is 24.3 Å². The van der Waals surface area contributed by atoms with Gasteiger partial charge in [-0.25, -0.2) is 0 Å². The van der Waals surface area contributed by atoms with Crippen LogP contribution in [-0.4, -0.2) is 23.4 Å². The molecule has 0 unspecified atom stereocenters. The van der Waals surface area contributed by atoms with Crippen molar-refractivity contribution in [1.82, 2.24) is 0 Å². The summed E-state index contributed by atoms with van der Waals surface area (Å²) in [5.74, 6) is 0.723. The van der Waals surface area contributed by atoms with Gasteiger partial charge in [0.2, 0.25) is 5.91 Å². The number of carbonyl (C=O) groups excluding carboxylic acids is 1. The van der Waals surface area contributed by atoms with E-state index in [1.165, 1.54) is 0 Å². The van der Waals surface area contributed by atoms with Crippen LogP contribution in [-0.2, 0) is 4.79 Å². The maximum absolute atomic E-state index is 11.4. The number of carbonyl (C=O) groups is 1. The highest BCUT2D eigenvalue weighted by Crippen LogP contribution is 2.15. The van der Waals surface area contributed by atoms with E-state index in [2.05, 4.69) is 5.32 Å². The van der Waals surface area contributed by atoms with Crippen LogP contribution in [0.25, 0.3) is 0 Å². The Morgan fingerprint density at radius 1 is 1.47 bits per heavy atom. The molecule has 0 aromatic heterocycles. The number of anilines is 1. The van der Waals surface area contributed by atoms with Gasteiger partial charge in [-0.3, -0.25) is 10.2 Å². The third-order valence-corrected chi connectivity index (χ3v) is 2.53. The zero-order valence-electron chi connectivity index (χ0n) is 9.53. The summed E-state index contributed by atoms with van der Waals surface area (Å²) in [5, 5.41) is 9.62. The Bertz CT molecular complexity index is 392. The molecule has 1 rings (SSSR count). The fourth-order valence-electron chi connectivity index (χ4n) is 1.14. The summed E-state index contributed by atoms with van der Waals surface area (Å²) < 4.78 is 5.28. The van der Waals surface area contributed by atoms with Gasteiger partial charge >= 0.3 is 0 Å². The first-order valence-corrected chi connectivity index (χ1v) is 6.10. The Labute approximate surface area is 104 Å². The summed E-state index contributed by atoms with van der Waals surface area (Å²) in [6, 6.07) is 7.11. The van der Waals surface area contributed by atoms with Crippen LogP contribution in [0.5, 0.6) is 5.75 Å². The largest absolute Gasteiger partial charge is 0.494 e. The van der Waals surface area contributed by atoms with Crippen molar-refractivity contribution in [2.24, 2.45) is 5.73 Å². The molecular formula is C11H15N3O2S. The van der Waals surface area contributed by atoms with Crippen LogP contribution in [0.3, 0.4) is 0 Å². The van der Waals surface area contributed by atoms with Crippen LogP contribution in [0.1, 0.15) is 6.92 Å². The van der Waals surface area contributed by atoms with Crippen molar-refractivity contribution in [3.63, 3.8) is 0 Å². The Hall–Kier alpha value is -1.69. The molecule has 5 nitrogen and oxygen atoms in total. The summed E-state index contributed by atoms with van der Waals surface area (Å²) in [4.78, 5) is 11.4. The molecule has 6 heteroatoms. The predicted molar refractivity (Wildman–Crippen MR) is 70.6 cm³/mol. The molecule has 0 aliphatic carbocycles. The molecule has 0 fully saturated rings. The van der Waals surface area contributed by atoms with Crippen LogP contribution < -0.4 is 15.8 Å². The van der Waals surface area contributed by atoms with E-state index >= 15 is 0 Å². The van der Waals surface area contributed by atoms with Gasteiger partial charge in [0.25, 0.3) is 0 Å². The van der Waals surface area contributed by atoms with Gasteiger partial charge in [0.05, 0.1) is 12.4 Å². The molecule has 1 amide bonds. The second-order valence-electron chi connectivity index (χ2n) is 3.16. The van der Waals surface area contributed by atoms with E-state index in [0.29, 0.717) is 12.3 Å². The molecule has 0 bridgehead atoms. The molecule has 0 spiro atoms. The minimum absolute atomic E-state index is 0.0631. The molecule has 4 N–H and O–H groups in total. The summed E-state index contributed by atoms with van der Waals surface area (Å²) in [6.07, 6.45) is 0. The predicted octanol–water partition coefficient (Wildman–Crippen LogP) is 1.65. The third kappa shape index (κ3) is 5.26. The molecule has 0 saturated heterocycles. The Morgan fingerprint density at radius 3 is 2.65 bits per heavy atom. The van der Waals surface area contributed by atoms with Gasteiger partial charge in [0.1, 0.15) is 5.75 Å². The van der Waals surface area contributed by atoms with E-state index < -0.39 is 0 Å². The zero-order chi connectivity index (χ0) is 12.7. The second-order valence-corrected chi connectivity index (χ2v) is 4.18. The molecule has 17 heavy (non-hydrogen) atoms. The third-order valence-electron chi connectivity index (χ3n) is 1.81. The highest BCUT2D eigenvalue weighted by Gasteiger charge is 2.03. The summed E-state index contributed by atoms with van der Waals surface area (Å²) in [7, 11) is 0. The van der Waals surface area contributed by atoms with E-state index in [1.807, 2.05) is 6.92 Å². The first-order chi connectivity index (χ1) is 8.11. The number of nitrogens with one attached hydrogen (secondary N) is 2. The molecule has 0 saturated carbocycles. The number of amides is 1. The van der Waals surface area contributed by atoms with Crippen LogP contribution in [0.2, 0.25) is 0 Å². The minimum Gasteiger partial charge on any atom is -0.494 e. The van der Waals surface area contributed by atoms with E-state index in [0.717, 1.165) is 17.5 Å². The lowest BCUT2D eigenvalue weighted by Gasteiger charge is -2.06. The van der Waals surface area contributed by atoms with E-state index in [1.54, 1.807) is 24.3 Å². The van der Waals surface area contributed by atoms with Gasteiger partial charge < -0.3 is 15.8 Å². The second kappa shape index (κ2) is 6.80. The Balaban J connectivity index is 2.45. The number of nitrogens with two attached hydrogens (primary N) is 1. The fourth-order valence-corrected chi connectivity index (χ4v) is 1.50. The maximum atomic E-state index is 11.4. The lowest BCUT2D eigenvalue weighted by molar-refractivity contribution is -0.113. The lowest BCUT2D eigenvalue weighted by atomic mass is 10.3. The lowest BCUT2D eigenvalue weighted by Crippen LogP contribution is -2.17. The van der Waals surface area contributed by atoms with Crippen molar-refractivity contribution in [1.29, 1.82) is 5.41 Å². The highest BCUT2D eigenvalue weighted by molar-refractivity contribution is 8.14. The Kier molecular flexibility index (Phi) is 5.35. The monoisotopic (exact) mass is 253 g/mol. The number of hydrogen-bond acceptors (Lipinski definition) is 4. The van der Waals surface area contributed by atoms with Crippen LogP contribution in [0, 0.1) is 5.41 Å². The number of rotatable bonds is 5. The first-order valence-electron chi connectivity index (χ1n) is 5.11. The van der Waals surface area contributed by atoms with E-state index in [4.69, 9.17) is 15.9 Å². The number of benzene rings is 1. The first kappa shape index (κ1) is 13.4. The van der Waals surface area contributed by atoms with Crippen LogP contribution >= 0.6 is 11.8 Å². The molecule has 0 aliphatic rings. The summed E-state index contributed by atoms with van der Waals surface area (Å²) in [5.41, 5.74) is 5.83. The van der Waals surface area contributed by atoms with Crippen LogP contribution in [0.4, 0.5) is 5.69 Å². The van der Waals surface area contributed by atoms with Crippen molar-refractivity contribution in [2.75, 3.05) is 17.7 Å². The highest BCUT2D eigenvalue weighted by atomic mass is 32.2. The average molecular weight is 253 g/mol. The normalized spacial score (nSPS) is 9.71. The molecule has 1 aromatic rings. The van der Waals surface area contributed by atoms with Gasteiger partial charge in [-0.05, 0) is 31.2 Å². The topological polar surface area (TPSA) is 88.2 Å². The Morgan fingerprint density at radius 2 is 2.12 bits per heavy atom. The molecule has 0 atom stereocenters. The van der Waals surface area contributed by atoms with Gasteiger partial charge in [0.15, 0.2) is 5.17 Å². The molecule has 92 valence electrons. The summed E-state index contributed by atoms with van der Waals surface area (Å²) >= 11 is 0.994. The molecule has 1 aromatic carbocycles. The van der Waals surface area contributed by atoms with Crippen molar-refractivity contribution in [2.45, 2.75) is 6.92 Å². The van der Waals surface area contributed by atoms with E-state index in [9.17, 15) is 4.79 Å².